The van der Waals surface area contributed by atoms with Gasteiger partial charge in [-0.2, -0.15) is 0 Å². The standard InChI is InChI=1S/C40H71N15O14/c1-18(2)28(34(64)50-23(9-6-14-46-39(42)43)37(67)55-16-8-11-26(55)33(63)51-24(38(68)69)10-7-15-47-40(44)45)53-31(61)22(12-13-27(41)60)49-32(62)25(17-56)52-35(65)30(20(4)58)54-36(66)29(19(3)57)48-21(5)59/h18-20,22-26,28-30,56-58H,6-17H2,1-5H3,(H2,41,60)(H,48,59)(H,49,62)(H,50,64)(H,51,63)(H,52,65)(H,53,61)(H,54,66)(H,68,69)(H4,42,43,46)(H4,44,45,47). The van der Waals surface area contributed by atoms with Crippen LogP contribution in [0.5, 0.6) is 0 Å². The fraction of sp³-hybridized carbons (Fsp3) is 0.700. The van der Waals surface area contributed by atoms with Gasteiger partial charge in [-0.05, 0) is 64.7 Å². The van der Waals surface area contributed by atoms with Gasteiger partial charge in [-0.25, -0.2) is 4.79 Å². The summed E-state index contributed by atoms with van der Waals surface area (Å²) >= 11 is 0. The van der Waals surface area contributed by atoms with E-state index in [0.717, 1.165) is 13.8 Å². The molecule has 0 radical (unpaired) electrons. The number of amides is 9. The van der Waals surface area contributed by atoms with Gasteiger partial charge in [0.2, 0.25) is 53.2 Å². The van der Waals surface area contributed by atoms with Crippen molar-refractivity contribution in [3.8, 4) is 0 Å². The fourth-order valence-corrected chi connectivity index (χ4v) is 6.90. The SMILES string of the molecule is CC(=O)NC(C(=O)NC(C(=O)NC(CO)C(=O)NC(CCC(N)=O)C(=O)NC(C(=O)NC(CCCN=C(N)N)C(=O)N1CCCC1C(=O)NC(CCCN=C(N)N)C(=O)O)C(C)C)C(C)O)C(C)O. The number of carboxylic acid groups (broad SMARTS) is 1. The van der Waals surface area contributed by atoms with Crippen molar-refractivity contribution in [2.45, 2.75) is 147 Å². The normalized spacial score (nSPS) is 17.1. The average Bonchev–Trinajstić information content (AvgIpc) is 3.75. The molecule has 390 valence electrons. The molecule has 29 nitrogen and oxygen atoms in total. The van der Waals surface area contributed by atoms with E-state index in [0.29, 0.717) is 6.42 Å². The first-order valence-corrected chi connectivity index (χ1v) is 22.2. The van der Waals surface area contributed by atoms with Crippen molar-refractivity contribution in [3.05, 3.63) is 0 Å². The number of guanidine groups is 2. The summed E-state index contributed by atoms with van der Waals surface area (Å²) in [4.78, 5) is 139. The number of carbonyl (C=O) groups is 10. The number of nitrogens with zero attached hydrogens (tertiary/aromatic N) is 3. The molecule has 10 atom stereocenters. The van der Waals surface area contributed by atoms with Crippen molar-refractivity contribution < 1.29 is 68.4 Å². The second kappa shape index (κ2) is 29.8. The molecule has 0 saturated carbocycles. The molecule has 1 saturated heterocycles. The molecule has 0 aromatic carbocycles. The molecule has 0 aromatic rings. The number of rotatable bonds is 30. The van der Waals surface area contributed by atoms with E-state index in [1.165, 1.54) is 11.8 Å². The Labute approximate surface area is 398 Å². The Bertz CT molecular complexity index is 1870. The van der Waals surface area contributed by atoms with Gasteiger partial charge in [-0.15, -0.1) is 0 Å². The van der Waals surface area contributed by atoms with Crippen LogP contribution in [0.1, 0.15) is 86.0 Å². The van der Waals surface area contributed by atoms with Crippen LogP contribution in [0, 0.1) is 5.92 Å². The Hall–Kier alpha value is -6.88. The van der Waals surface area contributed by atoms with Crippen LogP contribution in [-0.4, -0.2) is 183 Å². The van der Waals surface area contributed by atoms with Crippen LogP contribution in [0.15, 0.2) is 9.98 Å². The zero-order valence-electron chi connectivity index (χ0n) is 39.4. The summed E-state index contributed by atoms with van der Waals surface area (Å²) in [6, 6.07) is -12.1. The van der Waals surface area contributed by atoms with Crippen molar-refractivity contribution in [3.63, 3.8) is 0 Å². The van der Waals surface area contributed by atoms with Crippen molar-refractivity contribution in [2.24, 2.45) is 44.6 Å². The van der Waals surface area contributed by atoms with Crippen molar-refractivity contribution in [1.82, 2.24) is 42.1 Å². The van der Waals surface area contributed by atoms with E-state index < -0.39 is 145 Å². The van der Waals surface area contributed by atoms with Gasteiger partial charge in [-0.1, -0.05) is 13.8 Å². The topological polar surface area (TPSA) is 494 Å². The van der Waals surface area contributed by atoms with Crippen molar-refractivity contribution >= 4 is 71.1 Å². The van der Waals surface area contributed by atoms with Crippen molar-refractivity contribution in [2.75, 3.05) is 26.2 Å². The maximum Gasteiger partial charge on any atom is 0.326 e. The smallest absolute Gasteiger partial charge is 0.326 e. The van der Waals surface area contributed by atoms with Crippen LogP contribution < -0.4 is 65.9 Å². The van der Waals surface area contributed by atoms with E-state index in [1.54, 1.807) is 13.8 Å². The predicted molar refractivity (Wildman–Crippen MR) is 245 cm³/mol. The van der Waals surface area contributed by atoms with Crippen LogP contribution in [-0.2, 0) is 47.9 Å². The van der Waals surface area contributed by atoms with E-state index in [4.69, 9.17) is 28.7 Å². The monoisotopic (exact) mass is 986 g/mol. The van der Waals surface area contributed by atoms with Gasteiger partial charge in [0.05, 0.1) is 18.8 Å². The molecule has 1 aliphatic heterocycles. The minimum Gasteiger partial charge on any atom is -0.480 e. The number of carboxylic acids is 1. The van der Waals surface area contributed by atoms with Gasteiger partial charge < -0.3 is 91.2 Å². The summed E-state index contributed by atoms with van der Waals surface area (Å²) in [5.74, 6) is -11.0. The fourth-order valence-electron chi connectivity index (χ4n) is 6.90. The highest BCUT2D eigenvalue weighted by Gasteiger charge is 2.40. The van der Waals surface area contributed by atoms with Crippen LogP contribution in [0.3, 0.4) is 0 Å². The first-order valence-electron chi connectivity index (χ1n) is 22.2. The molecule has 0 bridgehead atoms. The molecule has 0 spiro atoms. The summed E-state index contributed by atoms with van der Waals surface area (Å²) in [6.45, 7) is 5.55. The lowest BCUT2D eigenvalue weighted by atomic mass is 10.0. The maximum atomic E-state index is 14.2. The second-order valence-electron chi connectivity index (χ2n) is 16.7. The first kappa shape index (κ1) is 60.1. The lowest BCUT2D eigenvalue weighted by Gasteiger charge is -2.31. The largest absolute Gasteiger partial charge is 0.480 e. The number of nitrogens with two attached hydrogens (primary N) is 5. The van der Waals surface area contributed by atoms with E-state index in [2.05, 4.69) is 47.2 Å². The molecule has 29 heteroatoms. The van der Waals surface area contributed by atoms with Crippen LogP contribution in [0.4, 0.5) is 0 Å². The Morgan fingerprint density at radius 2 is 1.07 bits per heavy atom. The van der Waals surface area contributed by atoms with Crippen LogP contribution in [0.2, 0.25) is 0 Å². The second-order valence-corrected chi connectivity index (χ2v) is 16.7. The maximum absolute atomic E-state index is 14.2. The number of aliphatic imine (C=N–C) groups is 2. The molecule has 1 heterocycles. The minimum absolute atomic E-state index is 0.0309. The summed E-state index contributed by atoms with van der Waals surface area (Å²) in [7, 11) is 0. The first-order chi connectivity index (χ1) is 32.2. The molecular weight excluding hydrogens is 915 g/mol. The molecular formula is C40H71N15O14. The number of nitrogens with one attached hydrogen (secondary N) is 7. The number of aliphatic hydroxyl groups excluding tert-OH is 3. The summed E-state index contributed by atoms with van der Waals surface area (Å²) in [5.41, 5.74) is 26.9. The molecule has 1 fully saturated rings. The zero-order valence-corrected chi connectivity index (χ0v) is 39.4. The Balaban J connectivity index is 3.37. The molecule has 9 amide bonds. The summed E-state index contributed by atoms with van der Waals surface area (Å²) in [6.07, 6.45) is -3.24. The molecule has 0 aromatic heterocycles. The molecule has 69 heavy (non-hydrogen) atoms. The minimum atomic E-state index is -1.85. The third-order valence-corrected chi connectivity index (χ3v) is 10.5. The number of hydrogen-bond donors (Lipinski definition) is 16. The van der Waals surface area contributed by atoms with Gasteiger partial charge in [-0.3, -0.25) is 53.1 Å². The van der Waals surface area contributed by atoms with E-state index in [9.17, 15) is 68.4 Å². The molecule has 10 unspecified atom stereocenters. The number of primary amides is 1. The van der Waals surface area contributed by atoms with E-state index in [-0.39, 0.29) is 63.7 Å². The van der Waals surface area contributed by atoms with Gasteiger partial charge in [0.15, 0.2) is 11.9 Å². The number of carbonyl (C=O) groups excluding carboxylic acids is 9. The number of aliphatic hydroxyl groups is 3. The molecule has 1 aliphatic rings. The highest BCUT2D eigenvalue weighted by atomic mass is 16.4. The zero-order chi connectivity index (χ0) is 52.7. The molecule has 0 aliphatic carbocycles. The van der Waals surface area contributed by atoms with Gasteiger partial charge in [0, 0.05) is 33.0 Å². The summed E-state index contributed by atoms with van der Waals surface area (Å²) in [5, 5.41) is 56.5. The number of aliphatic carboxylic acids is 1. The van der Waals surface area contributed by atoms with Gasteiger partial charge in [0.1, 0.15) is 48.3 Å². The van der Waals surface area contributed by atoms with Gasteiger partial charge in [0.25, 0.3) is 0 Å². The van der Waals surface area contributed by atoms with Crippen molar-refractivity contribution in [1.29, 1.82) is 0 Å². The number of likely N-dealkylation sites (tertiary alicyclic amines) is 1. The average molecular weight is 986 g/mol. The van der Waals surface area contributed by atoms with E-state index in [1.807, 2.05) is 0 Å². The third kappa shape index (κ3) is 21.3. The number of hydrogen-bond acceptors (Lipinski definition) is 15. The Morgan fingerprint density at radius 1 is 0.609 bits per heavy atom. The molecule has 1 rings (SSSR count). The van der Waals surface area contributed by atoms with Crippen LogP contribution in [0.25, 0.3) is 0 Å². The Morgan fingerprint density at radius 3 is 1.55 bits per heavy atom. The highest BCUT2D eigenvalue weighted by molar-refractivity contribution is 5.98. The predicted octanol–water partition coefficient (Wildman–Crippen LogP) is -7.74. The Kier molecular flexibility index (Phi) is 26.0. The van der Waals surface area contributed by atoms with Crippen LogP contribution >= 0.6 is 0 Å². The molecule has 21 N–H and O–H groups in total. The summed E-state index contributed by atoms with van der Waals surface area (Å²) < 4.78 is 0. The van der Waals surface area contributed by atoms with Gasteiger partial charge >= 0.3 is 5.97 Å². The lowest BCUT2D eigenvalue weighted by molar-refractivity contribution is -0.145. The quantitative estimate of drug-likeness (QED) is 0.0181. The highest BCUT2D eigenvalue weighted by Crippen LogP contribution is 2.21. The van der Waals surface area contributed by atoms with E-state index >= 15 is 0 Å². The lowest BCUT2D eigenvalue weighted by Crippen LogP contribution is -2.63. The third-order valence-electron chi connectivity index (χ3n) is 10.5.